The van der Waals surface area contributed by atoms with Crippen LogP contribution in [0.15, 0.2) is 160 Å². The first kappa shape index (κ1) is 113. The minimum Gasteiger partial charge on any atom is -0.496 e. The van der Waals surface area contributed by atoms with E-state index in [2.05, 4.69) is 92.7 Å². The number of anilines is 1. The summed E-state index contributed by atoms with van der Waals surface area (Å²) < 4.78 is 21.7. The lowest BCUT2D eigenvalue weighted by Crippen LogP contribution is -2.24. The maximum absolute atomic E-state index is 11.5. The average molecular weight is 1780 g/mol. The van der Waals surface area contributed by atoms with Crippen LogP contribution in [0.5, 0.6) is 5.75 Å². The van der Waals surface area contributed by atoms with E-state index in [0.717, 1.165) is 56.5 Å². The molecular weight excluding hydrogens is 1630 g/mol. The third-order valence-electron chi connectivity index (χ3n) is 16.6. The van der Waals surface area contributed by atoms with E-state index in [0.29, 0.717) is 181 Å². The van der Waals surface area contributed by atoms with Gasteiger partial charge in [0, 0.05) is 145 Å². The molecule has 9 rings (SSSR count). The van der Waals surface area contributed by atoms with Crippen LogP contribution in [-0.4, -0.2) is 110 Å². The molecule has 0 aliphatic carbocycles. The van der Waals surface area contributed by atoms with Crippen molar-refractivity contribution in [1.82, 2.24) is 92.0 Å². The number of nitrogens with one attached hydrogen (secondary N) is 10. The van der Waals surface area contributed by atoms with Crippen LogP contribution < -0.4 is 58.1 Å². The Labute approximate surface area is 757 Å². The summed E-state index contributed by atoms with van der Waals surface area (Å²) in [6.45, 7) is 46.1. The molecule has 9 aromatic heterocycles. The van der Waals surface area contributed by atoms with Gasteiger partial charge in [-0.05, 0) is 127 Å². The first-order valence-corrected chi connectivity index (χ1v) is 43.5. The number of rotatable bonds is 36. The number of pyridine rings is 5. The number of methoxy groups -OCH3 is 1. The van der Waals surface area contributed by atoms with Crippen molar-refractivity contribution in [3.63, 3.8) is 0 Å². The molecule has 0 unspecified atom stereocenters. The van der Waals surface area contributed by atoms with E-state index in [4.69, 9.17) is 18.0 Å². The van der Waals surface area contributed by atoms with Gasteiger partial charge in [0.05, 0.1) is 75.6 Å². The number of nitrogens with zero attached hydrogens (tertiary/aromatic N) is 9. The fraction of sp³-hybridized carbons (Fsp3) is 0.516. The quantitative estimate of drug-likeness (QED) is 0.0174. The Bertz CT molecular complexity index is 4410. The van der Waals surface area contributed by atoms with Crippen molar-refractivity contribution in [2.45, 2.75) is 256 Å². The molecule has 10 N–H and O–H groups in total. The number of amides is 9. The minimum absolute atomic E-state index is 0.0354. The molecule has 704 valence electrons. The van der Waals surface area contributed by atoms with Crippen LogP contribution in [0.4, 0.5) is 5.82 Å². The second kappa shape index (κ2) is 66.8. The van der Waals surface area contributed by atoms with Crippen molar-refractivity contribution < 1.29 is 61.1 Å². The molecule has 128 heavy (non-hydrogen) atoms. The van der Waals surface area contributed by atoms with E-state index in [9.17, 15) is 47.9 Å². The largest absolute Gasteiger partial charge is 0.496 e. The van der Waals surface area contributed by atoms with Gasteiger partial charge in [0.2, 0.25) is 64.6 Å². The highest BCUT2D eigenvalue weighted by Gasteiger charge is 2.14. The van der Waals surface area contributed by atoms with Gasteiger partial charge in [0.25, 0.3) is 0 Å². The smallest absolute Gasteiger partial charge is 0.249 e. The fourth-order valence-electron chi connectivity index (χ4n) is 10.5. The van der Waals surface area contributed by atoms with E-state index in [-0.39, 0.29) is 58.7 Å². The first-order valence-electron chi connectivity index (χ1n) is 43.5. The highest BCUT2D eigenvalue weighted by Crippen LogP contribution is 2.16. The molecular formula is C95H145N19O14. The predicted molar refractivity (Wildman–Crippen MR) is 496 cm³/mol. The second-order valence-corrected chi connectivity index (χ2v) is 34.0. The lowest BCUT2D eigenvalue weighted by atomic mass is 10.1. The number of hydrogen-bond donors (Lipinski definition) is 10. The molecule has 0 atom stereocenters. The van der Waals surface area contributed by atoms with Crippen LogP contribution in [0.1, 0.15) is 245 Å². The summed E-state index contributed by atoms with van der Waals surface area (Å²) in [6.07, 6.45) is 26.1. The third kappa shape index (κ3) is 61.7. The molecule has 0 radical (unpaired) electrons. The first-order chi connectivity index (χ1) is 60.6. The molecule has 0 aliphatic heterocycles. The van der Waals surface area contributed by atoms with Crippen LogP contribution in [0, 0.1) is 74.0 Å². The molecule has 0 bridgehead atoms. The van der Waals surface area contributed by atoms with E-state index in [1.165, 1.54) is 31.4 Å². The van der Waals surface area contributed by atoms with E-state index >= 15 is 0 Å². The normalized spacial score (nSPS) is 10.4. The topological polar surface area (TPSA) is 451 Å². The summed E-state index contributed by atoms with van der Waals surface area (Å²) in [5, 5.41) is 25.2. The number of aryl methyl sites for hydroxylation is 4. The maximum atomic E-state index is 11.5. The SMILES string of the molecule is CC(C)CC(=O)NCc1cn(C)cn1.CC(C)CC(=O)NCc1cnco1.CC(C)CC(=O)NCc1cocn1.CC(C)CC(=O)NCc1ncco1.CC(C)CC(=O)Nc1cccc(=O)[nH]1.COc1ccncc1CNC(=O)CC(C)C.Cc1cccc(CNC(=O)CC(C)C)n1.Cc1ccncc1CNC(=O)CC(C)C.Cc1ncccc1CNC(=O)CC(C)C. The van der Waals surface area contributed by atoms with Crippen LogP contribution in [0.3, 0.4) is 0 Å². The number of H-pyrrole nitrogens is 1. The zero-order valence-corrected chi connectivity index (χ0v) is 79.7. The number of aromatic nitrogens is 10. The van der Waals surface area contributed by atoms with E-state index in [1.54, 1.807) is 75.0 Å². The Morgan fingerprint density at radius 1 is 0.406 bits per heavy atom. The lowest BCUT2D eigenvalue weighted by molar-refractivity contribution is -0.122. The van der Waals surface area contributed by atoms with E-state index < -0.39 is 0 Å². The summed E-state index contributed by atoms with van der Waals surface area (Å²) in [5.41, 5.74) is 8.50. The minimum atomic E-state index is -0.215. The lowest BCUT2D eigenvalue weighted by Gasteiger charge is -2.09. The molecule has 9 amide bonds. The second-order valence-electron chi connectivity index (χ2n) is 34.0. The Kier molecular flexibility index (Phi) is 59.2. The summed E-state index contributed by atoms with van der Waals surface area (Å²) in [6, 6.07) is 18.1. The Morgan fingerprint density at radius 2 is 0.852 bits per heavy atom. The van der Waals surface area contributed by atoms with Crippen LogP contribution in [-0.2, 0) is 103 Å². The maximum Gasteiger partial charge on any atom is 0.249 e. The van der Waals surface area contributed by atoms with Gasteiger partial charge in [-0.1, -0.05) is 143 Å². The van der Waals surface area contributed by atoms with Gasteiger partial charge >= 0.3 is 0 Å². The zero-order chi connectivity index (χ0) is 95.9. The zero-order valence-electron chi connectivity index (χ0n) is 79.7. The molecule has 0 saturated heterocycles. The summed E-state index contributed by atoms with van der Waals surface area (Å²) in [4.78, 5) is 147. The molecule has 33 heteroatoms. The molecule has 0 aromatic carbocycles. The molecule has 0 fully saturated rings. The summed E-state index contributed by atoms with van der Waals surface area (Å²) in [7, 11) is 3.52. The van der Waals surface area contributed by atoms with Crippen LogP contribution >= 0.6 is 0 Å². The van der Waals surface area contributed by atoms with Gasteiger partial charge in [0.1, 0.15) is 29.9 Å². The van der Waals surface area contributed by atoms with Gasteiger partial charge in [-0.15, -0.1) is 0 Å². The Morgan fingerprint density at radius 3 is 1.27 bits per heavy atom. The number of ether oxygens (including phenoxy) is 1. The Balaban J connectivity index is 0.000000721. The van der Waals surface area contributed by atoms with Crippen molar-refractivity contribution in [3.8, 4) is 5.75 Å². The van der Waals surface area contributed by atoms with Crippen molar-refractivity contribution >= 4 is 59.0 Å². The number of carbonyl (C=O) groups excluding carboxylic acids is 9. The third-order valence-corrected chi connectivity index (χ3v) is 16.6. The van der Waals surface area contributed by atoms with Gasteiger partial charge in [0.15, 0.2) is 12.8 Å². The monoisotopic (exact) mass is 1780 g/mol. The van der Waals surface area contributed by atoms with E-state index in [1.807, 2.05) is 200 Å². The summed E-state index contributed by atoms with van der Waals surface area (Å²) in [5.74, 6) is 6.35. The van der Waals surface area contributed by atoms with Gasteiger partial charge in [-0.3, -0.25) is 67.9 Å². The Hall–Kier alpha value is -12.6. The highest BCUT2D eigenvalue weighted by atomic mass is 16.5. The molecule has 0 aliphatic rings. The summed E-state index contributed by atoms with van der Waals surface area (Å²) >= 11 is 0. The molecule has 0 spiro atoms. The van der Waals surface area contributed by atoms with Crippen molar-refractivity contribution in [2.75, 3.05) is 12.4 Å². The molecule has 0 saturated carbocycles. The van der Waals surface area contributed by atoms with Crippen molar-refractivity contribution in [1.29, 1.82) is 0 Å². The highest BCUT2D eigenvalue weighted by molar-refractivity contribution is 5.89. The van der Waals surface area contributed by atoms with Gasteiger partial charge < -0.3 is 75.4 Å². The van der Waals surface area contributed by atoms with Crippen molar-refractivity contribution in [2.24, 2.45) is 60.3 Å². The number of aromatic amines is 1. The number of carbonyl (C=O) groups is 9. The van der Waals surface area contributed by atoms with Gasteiger partial charge in [-0.2, -0.15) is 0 Å². The fourth-order valence-corrected chi connectivity index (χ4v) is 10.5. The standard InChI is InChI=1S/C12H18N2O2.3C12H18N2O.C10H17N3O.C10H14N2O2.3C9H14N2O2/c1-9(2)6-12(15)14-8-10-7-13-5-4-11(10)16-3;1-9(2)6-12(15)14-8-11-7-13-5-4-10(11)3;1-9(2)7-12(15)14-8-11-5-4-6-13-10(11)3;1-9(2)7-12(15)13-8-11-6-4-5-10(3)14-11;1-8(2)4-10(14)11-5-9-6-13(3)7-12-9;1-7(2)6-10(14)12-8-4-3-5-9(13)11-8;1-7(2)3-9(12)10-4-8-5-13-6-11-8;1-7(2)3-9(12)11-5-8-4-10-6-13-8;1-7(2)5-8(12)11-6-9-10-3-4-13-9/h4-5,7,9H,6,8H2,1-3H3,(H,14,15);4-5,7,9H,6,8H2,1-3H3,(H,14,15);4-6,9H,7-8H2,1-3H3,(H,14,15);4-6,9H,7-8H2,1-3H3,(H,13,15);6-8H,4-5H2,1-3H3,(H,11,14);3-5,7H,6H2,1-2H3,(H2,11,12,13,14);5-7H,3-4H2,1-2H3,(H,10,12);4,6-7H,3,5H2,1-2H3,(H,11,12);3-4,7H,5-6H2,1-2H3,(H,11,12). The predicted octanol–water partition coefficient (Wildman–Crippen LogP) is 14.4. The van der Waals surface area contributed by atoms with Crippen LogP contribution in [0.2, 0.25) is 0 Å². The average Bonchev–Trinajstić information content (AvgIpc) is 1.30. The molecule has 33 nitrogen and oxygen atoms in total. The van der Waals surface area contributed by atoms with Crippen LogP contribution in [0.25, 0.3) is 0 Å². The number of imidazole rings is 1. The molecule has 9 heterocycles. The number of hydrogen-bond acceptors (Lipinski definition) is 22. The van der Waals surface area contributed by atoms with Gasteiger partial charge in [-0.25, -0.2) is 19.9 Å². The number of oxazole rings is 3. The molecule has 9 aromatic rings. The van der Waals surface area contributed by atoms with Crippen molar-refractivity contribution in [3.05, 3.63) is 215 Å².